The van der Waals surface area contributed by atoms with Gasteiger partial charge in [-0.15, -0.1) is 0 Å². The van der Waals surface area contributed by atoms with Crippen LogP contribution < -0.4 is 0 Å². The fourth-order valence-corrected chi connectivity index (χ4v) is 3.16. The number of hydrogen-bond donors (Lipinski definition) is 1. The molecule has 1 aliphatic heterocycles. The number of allylic oxidation sites excluding steroid dienone is 1. The molecule has 0 unspecified atom stereocenters. The maximum atomic E-state index is 12.1. The summed E-state index contributed by atoms with van der Waals surface area (Å²) in [4.78, 5) is 24.0. The molecule has 4 heteroatoms. The van der Waals surface area contributed by atoms with Crippen molar-refractivity contribution in [1.29, 1.82) is 0 Å². The highest BCUT2D eigenvalue weighted by Gasteiger charge is 2.34. The van der Waals surface area contributed by atoms with E-state index in [2.05, 4.69) is 6.92 Å². The molecule has 138 valence electrons. The molecule has 0 bridgehead atoms. The Morgan fingerprint density at radius 3 is 2.08 bits per heavy atom. The molecule has 4 nitrogen and oxygen atoms in total. The lowest BCUT2D eigenvalue weighted by molar-refractivity contribution is -0.151. The van der Waals surface area contributed by atoms with E-state index in [1.54, 1.807) is 0 Å². The van der Waals surface area contributed by atoms with E-state index in [4.69, 9.17) is 4.74 Å². The average molecular weight is 338 g/mol. The van der Waals surface area contributed by atoms with Gasteiger partial charge in [0.15, 0.2) is 5.78 Å². The van der Waals surface area contributed by atoms with Crippen LogP contribution in [0.3, 0.4) is 0 Å². The topological polar surface area (TPSA) is 63.6 Å². The molecular formula is C20H34O4. The minimum absolute atomic E-state index is 0.0807. The molecule has 0 aromatic heterocycles. The zero-order valence-electron chi connectivity index (χ0n) is 15.4. The summed E-state index contributed by atoms with van der Waals surface area (Å²) in [6, 6.07) is 0. The standard InChI is InChI=1S/C20H34O4/c1-3-5-6-7-8-9-10-11-12-14-17(21)19-18(22)15-16(13-4-2)24-20(19)23/h16,21H,3-15H2,1-2H3/t16-/m1/s1. The van der Waals surface area contributed by atoms with E-state index in [0.717, 1.165) is 25.7 Å². The quantitative estimate of drug-likeness (QED) is 0.170. The summed E-state index contributed by atoms with van der Waals surface area (Å²) in [5.74, 6) is -0.987. The van der Waals surface area contributed by atoms with Crippen LogP contribution in [0.15, 0.2) is 11.3 Å². The molecule has 1 fully saturated rings. The van der Waals surface area contributed by atoms with Gasteiger partial charge < -0.3 is 9.84 Å². The second-order valence-electron chi connectivity index (χ2n) is 6.84. The smallest absolute Gasteiger partial charge is 0.345 e. The number of unbranched alkanes of at least 4 members (excludes halogenated alkanes) is 8. The molecule has 1 saturated heterocycles. The minimum atomic E-state index is -0.641. The average Bonchev–Trinajstić information content (AvgIpc) is 2.53. The van der Waals surface area contributed by atoms with Gasteiger partial charge in [-0.05, 0) is 12.8 Å². The predicted molar refractivity (Wildman–Crippen MR) is 95.9 cm³/mol. The summed E-state index contributed by atoms with van der Waals surface area (Å²) in [7, 11) is 0. The lowest BCUT2D eigenvalue weighted by atomic mass is 9.96. The highest BCUT2D eigenvalue weighted by molar-refractivity contribution is 6.19. The monoisotopic (exact) mass is 338 g/mol. The maximum Gasteiger partial charge on any atom is 0.345 e. The fraction of sp³-hybridized carbons (Fsp3) is 0.800. The lowest BCUT2D eigenvalue weighted by Gasteiger charge is -2.23. The van der Waals surface area contributed by atoms with Gasteiger partial charge in [-0.3, -0.25) is 4.79 Å². The van der Waals surface area contributed by atoms with Crippen LogP contribution in [0, 0.1) is 0 Å². The lowest BCUT2D eigenvalue weighted by Crippen LogP contribution is -2.33. The van der Waals surface area contributed by atoms with E-state index in [9.17, 15) is 14.7 Å². The van der Waals surface area contributed by atoms with Gasteiger partial charge in [0.2, 0.25) is 0 Å². The molecule has 1 rings (SSSR count). The first-order valence-electron chi connectivity index (χ1n) is 9.76. The van der Waals surface area contributed by atoms with Crippen molar-refractivity contribution in [2.24, 2.45) is 0 Å². The van der Waals surface area contributed by atoms with Crippen LogP contribution in [0.2, 0.25) is 0 Å². The van der Waals surface area contributed by atoms with Crippen molar-refractivity contribution in [3.63, 3.8) is 0 Å². The van der Waals surface area contributed by atoms with Gasteiger partial charge in [0.25, 0.3) is 0 Å². The zero-order chi connectivity index (χ0) is 17.8. The second kappa shape index (κ2) is 12.1. The number of hydrogen-bond acceptors (Lipinski definition) is 4. The van der Waals surface area contributed by atoms with E-state index in [1.165, 1.54) is 38.5 Å². The Kier molecular flexibility index (Phi) is 10.4. The largest absolute Gasteiger partial charge is 0.511 e. The van der Waals surface area contributed by atoms with Crippen LogP contribution in [-0.4, -0.2) is 23.0 Å². The van der Waals surface area contributed by atoms with Crippen molar-refractivity contribution in [3.8, 4) is 0 Å². The molecule has 0 aliphatic carbocycles. The number of carbonyl (C=O) groups excluding carboxylic acids is 2. The van der Waals surface area contributed by atoms with Crippen LogP contribution in [-0.2, 0) is 14.3 Å². The molecular weight excluding hydrogens is 304 g/mol. The van der Waals surface area contributed by atoms with E-state index in [1.807, 2.05) is 6.92 Å². The van der Waals surface area contributed by atoms with Gasteiger partial charge in [-0.25, -0.2) is 4.79 Å². The van der Waals surface area contributed by atoms with Crippen molar-refractivity contribution in [1.82, 2.24) is 0 Å². The fourth-order valence-electron chi connectivity index (χ4n) is 3.16. The van der Waals surface area contributed by atoms with E-state index in [0.29, 0.717) is 12.8 Å². The third-order valence-electron chi connectivity index (χ3n) is 4.59. The highest BCUT2D eigenvalue weighted by Crippen LogP contribution is 2.23. The molecule has 24 heavy (non-hydrogen) atoms. The minimum Gasteiger partial charge on any atom is -0.511 e. The van der Waals surface area contributed by atoms with Crippen molar-refractivity contribution in [2.75, 3.05) is 0 Å². The number of carbonyl (C=O) groups is 2. The van der Waals surface area contributed by atoms with Gasteiger partial charge in [0.05, 0.1) is 0 Å². The van der Waals surface area contributed by atoms with Crippen LogP contribution in [0.4, 0.5) is 0 Å². The predicted octanol–water partition coefficient (Wildman–Crippen LogP) is 5.40. The van der Waals surface area contributed by atoms with Gasteiger partial charge >= 0.3 is 5.97 Å². The van der Waals surface area contributed by atoms with Crippen molar-refractivity contribution in [3.05, 3.63) is 11.3 Å². The Labute approximate surface area is 146 Å². The number of Topliss-reactive ketones (excluding diaryl/α,β-unsaturated/α-hetero) is 1. The molecule has 0 aromatic carbocycles. The molecule has 0 aromatic rings. The van der Waals surface area contributed by atoms with Crippen LogP contribution in [0.1, 0.15) is 97.3 Å². The number of ether oxygens (including phenoxy) is 1. The van der Waals surface area contributed by atoms with Gasteiger partial charge in [0, 0.05) is 12.8 Å². The number of ketones is 1. The third-order valence-corrected chi connectivity index (χ3v) is 4.59. The Hall–Kier alpha value is -1.32. The Bertz CT molecular complexity index is 405. The summed E-state index contributed by atoms with van der Waals surface area (Å²) in [5, 5.41) is 10.1. The molecule has 1 N–H and O–H groups in total. The molecule has 1 atom stereocenters. The third kappa shape index (κ3) is 7.50. The number of aliphatic hydroxyl groups is 1. The summed E-state index contributed by atoms with van der Waals surface area (Å²) in [6.45, 7) is 4.21. The first-order chi connectivity index (χ1) is 11.6. The molecule has 0 spiro atoms. The first-order valence-corrected chi connectivity index (χ1v) is 9.76. The molecule has 1 heterocycles. The zero-order valence-corrected chi connectivity index (χ0v) is 15.4. The number of cyclic esters (lactones) is 1. The van der Waals surface area contributed by atoms with Gasteiger partial charge in [-0.1, -0.05) is 71.6 Å². The van der Waals surface area contributed by atoms with E-state index >= 15 is 0 Å². The van der Waals surface area contributed by atoms with Crippen molar-refractivity contribution >= 4 is 11.8 Å². The Balaban J connectivity index is 2.26. The van der Waals surface area contributed by atoms with Gasteiger partial charge in [0.1, 0.15) is 17.4 Å². The first kappa shape index (κ1) is 20.7. The van der Waals surface area contributed by atoms with Crippen LogP contribution in [0.25, 0.3) is 0 Å². The normalized spacial score (nSPS) is 20.2. The Morgan fingerprint density at radius 2 is 1.54 bits per heavy atom. The van der Waals surface area contributed by atoms with E-state index in [-0.39, 0.29) is 29.6 Å². The number of rotatable bonds is 12. The Morgan fingerprint density at radius 1 is 0.958 bits per heavy atom. The summed E-state index contributed by atoms with van der Waals surface area (Å²) < 4.78 is 5.24. The van der Waals surface area contributed by atoms with Crippen molar-refractivity contribution in [2.45, 2.75) is 103 Å². The summed E-state index contributed by atoms with van der Waals surface area (Å²) in [5.41, 5.74) is -0.109. The maximum absolute atomic E-state index is 12.1. The van der Waals surface area contributed by atoms with Gasteiger partial charge in [-0.2, -0.15) is 0 Å². The van der Waals surface area contributed by atoms with Crippen molar-refractivity contribution < 1.29 is 19.4 Å². The molecule has 0 saturated carbocycles. The molecule has 1 aliphatic rings. The SMILES string of the molecule is CCCCCCCCCCCC(O)=C1C(=O)C[C@@H](CCC)OC1=O. The second-order valence-corrected chi connectivity index (χ2v) is 6.84. The summed E-state index contributed by atoms with van der Waals surface area (Å²) >= 11 is 0. The molecule has 0 amide bonds. The summed E-state index contributed by atoms with van der Waals surface area (Å²) in [6.07, 6.45) is 12.5. The van der Waals surface area contributed by atoms with Crippen LogP contribution >= 0.6 is 0 Å². The van der Waals surface area contributed by atoms with E-state index < -0.39 is 5.97 Å². The number of esters is 1. The number of aliphatic hydroxyl groups excluding tert-OH is 1. The highest BCUT2D eigenvalue weighted by atomic mass is 16.5. The molecule has 0 radical (unpaired) electrons. The van der Waals surface area contributed by atoms with Crippen LogP contribution in [0.5, 0.6) is 0 Å².